The van der Waals surface area contributed by atoms with E-state index in [0.717, 1.165) is 11.3 Å². The first-order chi connectivity index (χ1) is 13.2. The Morgan fingerprint density at radius 1 is 1.37 bits per heavy atom. The van der Waals surface area contributed by atoms with Gasteiger partial charge in [0.2, 0.25) is 11.7 Å². The summed E-state index contributed by atoms with van der Waals surface area (Å²) in [5.74, 6) is 0.530. The molecule has 140 valence electrons. The van der Waals surface area contributed by atoms with E-state index in [1.165, 1.54) is 0 Å². The molecule has 0 unspecified atom stereocenters. The molecule has 9 nitrogen and oxygen atoms in total. The third-order valence-corrected chi connectivity index (χ3v) is 4.67. The van der Waals surface area contributed by atoms with Gasteiger partial charge in [-0.2, -0.15) is 4.98 Å². The van der Waals surface area contributed by atoms with Crippen molar-refractivity contribution in [2.75, 3.05) is 18.9 Å². The van der Waals surface area contributed by atoms with Gasteiger partial charge in [0, 0.05) is 43.6 Å². The molecular weight excluding hydrogens is 346 g/mol. The molecule has 4 rings (SSSR count). The molecule has 9 heteroatoms. The number of aromatic nitrogens is 4. The van der Waals surface area contributed by atoms with Gasteiger partial charge in [0.15, 0.2) is 0 Å². The fourth-order valence-corrected chi connectivity index (χ4v) is 3.37. The van der Waals surface area contributed by atoms with Crippen LogP contribution in [0.2, 0.25) is 0 Å². The van der Waals surface area contributed by atoms with Gasteiger partial charge in [-0.1, -0.05) is 35.5 Å². The molecule has 0 aliphatic carbocycles. The number of aromatic amines is 1. The molecule has 1 saturated heterocycles. The summed E-state index contributed by atoms with van der Waals surface area (Å²) in [7, 11) is 1.65. The number of amides is 1. The number of hydrogen-bond acceptors (Lipinski definition) is 7. The number of rotatable bonds is 6. The molecule has 1 aromatic carbocycles. The Morgan fingerprint density at radius 3 is 2.96 bits per heavy atom. The Kier molecular flexibility index (Phi) is 4.84. The number of likely N-dealkylation sites (N-methyl/N-ethyl adjacent to an activating group) is 1. The minimum Gasteiger partial charge on any atom is -0.358 e. The van der Waals surface area contributed by atoms with Gasteiger partial charge >= 0.3 is 6.01 Å². The summed E-state index contributed by atoms with van der Waals surface area (Å²) >= 11 is 0. The van der Waals surface area contributed by atoms with E-state index in [4.69, 9.17) is 4.52 Å². The number of carbonyl (C=O) groups excluding carboxylic acids is 1. The van der Waals surface area contributed by atoms with Crippen LogP contribution in [-0.2, 0) is 11.3 Å². The van der Waals surface area contributed by atoms with Crippen LogP contribution < -0.4 is 10.6 Å². The normalized spacial score (nSPS) is 19.9. The van der Waals surface area contributed by atoms with Crippen LogP contribution in [0.1, 0.15) is 12.1 Å². The standard InChI is InChI=1S/C18H21N7O2/c1-19-17(26)15-7-13(9-25(15)10-14-8-20-11-21-14)22-18-23-16(24-27-18)12-5-3-2-4-6-12/h2-6,8,11,13,15H,7,9-10H2,1H3,(H,19,26)(H,20,21)(H,22,23,24)/t13-,15+/m1/s1. The third kappa shape index (κ3) is 3.82. The zero-order valence-corrected chi connectivity index (χ0v) is 14.9. The van der Waals surface area contributed by atoms with Crippen LogP contribution in [0.4, 0.5) is 6.01 Å². The van der Waals surface area contributed by atoms with Crippen molar-refractivity contribution in [3.63, 3.8) is 0 Å². The lowest BCUT2D eigenvalue weighted by Crippen LogP contribution is -2.41. The highest BCUT2D eigenvalue weighted by Gasteiger charge is 2.37. The van der Waals surface area contributed by atoms with Gasteiger partial charge in [-0.25, -0.2) is 4.98 Å². The number of nitrogens with one attached hydrogen (secondary N) is 3. The highest BCUT2D eigenvalue weighted by Crippen LogP contribution is 2.24. The number of nitrogens with zero attached hydrogens (tertiary/aromatic N) is 4. The molecule has 27 heavy (non-hydrogen) atoms. The fraction of sp³-hybridized carbons (Fsp3) is 0.333. The number of anilines is 1. The van der Waals surface area contributed by atoms with Crippen molar-refractivity contribution in [1.29, 1.82) is 0 Å². The first-order valence-electron chi connectivity index (χ1n) is 8.81. The molecule has 0 spiro atoms. The van der Waals surface area contributed by atoms with Crippen molar-refractivity contribution in [2.45, 2.75) is 25.0 Å². The SMILES string of the molecule is CNC(=O)[C@@H]1C[C@@H](Nc2nc(-c3ccccc3)no2)CN1Cc1cnc[nH]1. The van der Waals surface area contributed by atoms with E-state index in [2.05, 4.69) is 35.6 Å². The largest absolute Gasteiger partial charge is 0.358 e. The topological polar surface area (TPSA) is 112 Å². The van der Waals surface area contributed by atoms with Gasteiger partial charge in [-0.15, -0.1) is 0 Å². The Labute approximate surface area is 156 Å². The predicted molar refractivity (Wildman–Crippen MR) is 98.6 cm³/mol. The average molecular weight is 367 g/mol. The first kappa shape index (κ1) is 17.2. The van der Waals surface area contributed by atoms with E-state index in [-0.39, 0.29) is 18.0 Å². The average Bonchev–Trinajstić information content (AvgIpc) is 3.44. The summed E-state index contributed by atoms with van der Waals surface area (Å²) in [4.78, 5) is 25.9. The summed E-state index contributed by atoms with van der Waals surface area (Å²) < 4.78 is 5.34. The van der Waals surface area contributed by atoms with Crippen LogP contribution in [0.25, 0.3) is 11.4 Å². The van der Waals surface area contributed by atoms with Crippen molar-refractivity contribution in [2.24, 2.45) is 0 Å². The van der Waals surface area contributed by atoms with Crippen LogP contribution >= 0.6 is 0 Å². The van der Waals surface area contributed by atoms with Crippen molar-refractivity contribution in [3.05, 3.63) is 48.5 Å². The molecule has 1 amide bonds. The van der Waals surface area contributed by atoms with Gasteiger partial charge in [0.05, 0.1) is 12.4 Å². The van der Waals surface area contributed by atoms with E-state index in [1.54, 1.807) is 19.6 Å². The molecule has 3 N–H and O–H groups in total. The third-order valence-electron chi connectivity index (χ3n) is 4.67. The van der Waals surface area contributed by atoms with Gasteiger partial charge < -0.3 is 20.1 Å². The van der Waals surface area contributed by atoms with E-state index in [1.807, 2.05) is 30.3 Å². The quantitative estimate of drug-likeness (QED) is 0.601. The van der Waals surface area contributed by atoms with E-state index in [9.17, 15) is 4.79 Å². The van der Waals surface area contributed by atoms with Gasteiger partial charge in [-0.05, 0) is 6.42 Å². The van der Waals surface area contributed by atoms with Gasteiger partial charge in [0.25, 0.3) is 0 Å². The Bertz CT molecular complexity index is 878. The molecule has 3 heterocycles. The molecule has 0 radical (unpaired) electrons. The van der Waals surface area contributed by atoms with Crippen LogP contribution in [0, 0.1) is 0 Å². The Balaban J connectivity index is 1.45. The Morgan fingerprint density at radius 2 is 2.22 bits per heavy atom. The summed E-state index contributed by atoms with van der Waals surface area (Å²) in [5, 5.41) is 10.0. The van der Waals surface area contributed by atoms with E-state index in [0.29, 0.717) is 31.3 Å². The smallest absolute Gasteiger partial charge is 0.322 e. The molecule has 1 aliphatic heterocycles. The zero-order valence-electron chi connectivity index (χ0n) is 14.9. The van der Waals surface area contributed by atoms with Crippen LogP contribution in [0.5, 0.6) is 0 Å². The van der Waals surface area contributed by atoms with Crippen molar-refractivity contribution >= 4 is 11.9 Å². The van der Waals surface area contributed by atoms with Crippen LogP contribution in [0.3, 0.4) is 0 Å². The maximum Gasteiger partial charge on any atom is 0.322 e. The van der Waals surface area contributed by atoms with Crippen molar-refractivity contribution < 1.29 is 9.32 Å². The second-order valence-electron chi connectivity index (χ2n) is 6.50. The van der Waals surface area contributed by atoms with E-state index < -0.39 is 0 Å². The molecule has 1 fully saturated rings. The predicted octanol–water partition coefficient (Wildman–Crippen LogP) is 1.26. The Hall–Kier alpha value is -3.20. The monoisotopic (exact) mass is 367 g/mol. The molecule has 0 saturated carbocycles. The maximum atomic E-state index is 12.3. The van der Waals surface area contributed by atoms with Gasteiger partial charge in [0.1, 0.15) is 0 Å². The molecule has 2 aromatic heterocycles. The lowest BCUT2D eigenvalue weighted by atomic mass is 10.1. The molecule has 2 atom stereocenters. The minimum absolute atomic E-state index is 0.00526. The zero-order chi connectivity index (χ0) is 18.6. The van der Waals surface area contributed by atoms with Crippen LogP contribution in [-0.4, -0.2) is 56.6 Å². The fourth-order valence-electron chi connectivity index (χ4n) is 3.37. The van der Waals surface area contributed by atoms with Crippen LogP contribution in [0.15, 0.2) is 47.4 Å². The number of carbonyl (C=O) groups is 1. The molecule has 0 bridgehead atoms. The number of H-pyrrole nitrogens is 1. The number of likely N-dealkylation sites (tertiary alicyclic amines) is 1. The lowest BCUT2D eigenvalue weighted by molar-refractivity contribution is -0.125. The first-order valence-corrected chi connectivity index (χ1v) is 8.81. The highest BCUT2D eigenvalue weighted by molar-refractivity contribution is 5.82. The van der Waals surface area contributed by atoms with Crippen molar-refractivity contribution in [1.82, 2.24) is 30.3 Å². The van der Waals surface area contributed by atoms with E-state index >= 15 is 0 Å². The second-order valence-corrected chi connectivity index (χ2v) is 6.50. The van der Waals surface area contributed by atoms with Gasteiger partial charge in [-0.3, -0.25) is 9.69 Å². The minimum atomic E-state index is -0.229. The number of benzene rings is 1. The second kappa shape index (κ2) is 7.58. The summed E-state index contributed by atoms with van der Waals surface area (Å²) in [6, 6.07) is 9.81. The summed E-state index contributed by atoms with van der Waals surface area (Å²) in [6.07, 6.45) is 4.06. The summed E-state index contributed by atoms with van der Waals surface area (Å²) in [5.41, 5.74) is 1.86. The molecule has 3 aromatic rings. The molecule has 1 aliphatic rings. The number of imidazole rings is 1. The van der Waals surface area contributed by atoms with Crippen molar-refractivity contribution in [3.8, 4) is 11.4 Å². The highest BCUT2D eigenvalue weighted by atomic mass is 16.5. The maximum absolute atomic E-state index is 12.3. The number of hydrogen-bond donors (Lipinski definition) is 3. The molecular formula is C18H21N7O2. The lowest BCUT2D eigenvalue weighted by Gasteiger charge is -2.21. The summed E-state index contributed by atoms with van der Waals surface area (Å²) in [6.45, 7) is 1.30.